The number of aliphatic hydroxyl groups is 1. The number of hydrogen-bond acceptors (Lipinski definition) is 7. The number of benzene rings is 2. The minimum atomic E-state index is -0.327. The number of hydrogen-bond donors (Lipinski definition) is 2. The standard InChI is InChI=1S/C33H38N4O5/c1-22-18-37(23(2)21-38)33(40)17-27-16-28(35-32(39)15-25-4-6-29-26(14-25)10-13-41-29)5-7-30(27)42-31(22)20-36(3)19-24-8-11-34-12-9-24/h4-14,16,22-23,31,38H,15,17-21H2,1-3H3,(H,35,39)/t22-,23+,31?/m1/s1. The number of aromatic nitrogens is 1. The molecule has 0 spiro atoms. The van der Waals surface area contributed by atoms with Crippen LogP contribution in [0.25, 0.3) is 11.0 Å². The molecule has 4 aromatic rings. The second-order valence-corrected chi connectivity index (χ2v) is 11.3. The minimum Gasteiger partial charge on any atom is -0.488 e. The highest BCUT2D eigenvalue weighted by Gasteiger charge is 2.31. The van der Waals surface area contributed by atoms with Crippen LogP contribution in [0, 0.1) is 5.92 Å². The molecule has 0 fully saturated rings. The number of anilines is 1. The van der Waals surface area contributed by atoms with Gasteiger partial charge in [-0.25, -0.2) is 0 Å². The summed E-state index contributed by atoms with van der Waals surface area (Å²) in [5.74, 6) is 0.379. The minimum absolute atomic E-state index is 0.000681. The molecular weight excluding hydrogens is 532 g/mol. The van der Waals surface area contributed by atoms with Crippen LogP contribution in [-0.4, -0.2) is 70.6 Å². The van der Waals surface area contributed by atoms with Gasteiger partial charge in [0.25, 0.3) is 0 Å². The zero-order chi connectivity index (χ0) is 29.6. The van der Waals surface area contributed by atoms with E-state index in [9.17, 15) is 14.7 Å². The van der Waals surface area contributed by atoms with Gasteiger partial charge in [-0.15, -0.1) is 0 Å². The first-order chi connectivity index (χ1) is 20.3. The van der Waals surface area contributed by atoms with Crippen LogP contribution in [0.3, 0.4) is 0 Å². The predicted molar refractivity (Wildman–Crippen MR) is 161 cm³/mol. The van der Waals surface area contributed by atoms with Crippen molar-refractivity contribution in [2.24, 2.45) is 5.92 Å². The highest BCUT2D eigenvalue weighted by Crippen LogP contribution is 2.29. The third-order valence-electron chi connectivity index (χ3n) is 7.78. The van der Waals surface area contributed by atoms with Gasteiger partial charge in [-0.2, -0.15) is 0 Å². The van der Waals surface area contributed by atoms with E-state index in [1.807, 2.05) is 68.6 Å². The second kappa shape index (κ2) is 13.2. The highest BCUT2D eigenvalue weighted by molar-refractivity contribution is 5.93. The van der Waals surface area contributed by atoms with Crippen LogP contribution < -0.4 is 10.1 Å². The van der Waals surface area contributed by atoms with Gasteiger partial charge in [-0.05, 0) is 73.6 Å². The molecule has 2 aromatic carbocycles. The molecule has 2 amide bonds. The SMILES string of the molecule is C[C@@H]1CN([C@@H](C)CO)C(=O)Cc2cc(NC(=O)Cc3ccc4occc4c3)ccc2OC1CN(C)Cc1ccncc1. The first kappa shape index (κ1) is 29.3. The summed E-state index contributed by atoms with van der Waals surface area (Å²) < 4.78 is 12.0. The molecule has 3 heterocycles. The lowest BCUT2D eigenvalue weighted by molar-refractivity contribution is -0.134. The average Bonchev–Trinajstić information content (AvgIpc) is 3.45. The maximum atomic E-state index is 13.5. The molecule has 42 heavy (non-hydrogen) atoms. The fourth-order valence-electron chi connectivity index (χ4n) is 5.41. The number of carbonyl (C=O) groups excluding carboxylic acids is 2. The third-order valence-corrected chi connectivity index (χ3v) is 7.78. The van der Waals surface area contributed by atoms with Crippen LogP contribution in [0.4, 0.5) is 5.69 Å². The maximum absolute atomic E-state index is 13.5. The van der Waals surface area contributed by atoms with Crippen molar-refractivity contribution in [2.45, 2.75) is 45.4 Å². The number of ether oxygens (including phenoxy) is 1. The van der Waals surface area contributed by atoms with Crippen molar-refractivity contribution in [2.75, 3.05) is 32.1 Å². The van der Waals surface area contributed by atoms with Gasteiger partial charge in [0.15, 0.2) is 0 Å². The van der Waals surface area contributed by atoms with Crippen LogP contribution in [0.5, 0.6) is 5.75 Å². The molecule has 220 valence electrons. The number of furan rings is 1. The van der Waals surface area contributed by atoms with E-state index in [2.05, 4.69) is 22.1 Å². The first-order valence-electron chi connectivity index (χ1n) is 14.3. The van der Waals surface area contributed by atoms with Gasteiger partial charge in [0, 0.05) is 54.6 Å². The Kier molecular flexibility index (Phi) is 9.19. The smallest absolute Gasteiger partial charge is 0.228 e. The molecule has 3 atom stereocenters. The summed E-state index contributed by atoms with van der Waals surface area (Å²) >= 11 is 0. The van der Waals surface area contributed by atoms with E-state index in [0.717, 1.165) is 28.6 Å². The zero-order valence-corrected chi connectivity index (χ0v) is 24.3. The van der Waals surface area contributed by atoms with Gasteiger partial charge >= 0.3 is 0 Å². The van der Waals surface area contributed by atoms with Crippen LogP contribution in [0.2, 0.25) is 0 Å². The number of rotatable bonds is 9. The Hall–Kier alpha value is -4.21. The molecule has 9 heteroatoms. The number of fused-ring (bicyclic) bond motifs is 2. The summed E-state index contributed by atoms with van der Waals surface area (Å²) in [5.41, 5.74) is 4.11. The van der Waals surface area contributed by atoms with E-state index in [1.54, 1.807) is 23.6 Å². The molecule has 1 aliphatic rings. The summed E-state index contributed by atoms with van der Waals surface area (Å²) in [5, 5.41) is 13.8. The Labute approximate surface area is 246 Å². The van der Waals surface area contributed by atoms with Crippen LogP contribution >= 0.6 is 0 Å². The van der Waals surface area contributed by atoms with Gasteiger partial charge < -0.3 is 24.5 Å². The first-order valence-corrected chi connectivity index (χ1v) is 14.3. The second-order valence-electron chi connectivity index (χ2n) is 11.3. The number of pyridine rings is 1. The Morgan fingerprint density at radius 1 is 1.14 bits per heavy atom. The van der Waals surface area contributed by atoms with Crippen molar-refractivity contribution in [1.82, 2.24) is 14.8 Å². The average molecular weight is 571 g/mol. The summed E-state index contributed by atoms with van der Waals surface area (Å²) in [4.78, 5) is 34.5. The summed E-state index contributed by atoms with van der Waals surface area (Å²) in [7, 11) is 2.05. The Balaban J connectivity index is 1.35. The lowest BCUT2D eigenvalue weighted by Gasteiger charge is -2.34. The molecule has 2 N–H and O–H groups in total. The summed E-state index contributed by atoms with van der Waals surface area (Å²) in [6, 6.07) is 16.7. The number of nitrogens with one attached hydrogen (secondary N) is 1. The number of nitrogens with zero attached hydrogens (tertiary/aromatic N) is 3. The van der Waals surface area contributed by atoms with E-state index >= 15 is 0 Å². The number of carbonyl (C=O) groups is 2. The molecule has 1 aliphatic heterocycles. The van der Waals surface area contributed by atoms with E-state index in [0.29, 0.717) is 30.1 Å². The molecule has 5 rings (SSSR count). The van der Waals surface area contributed by atoms with E-state index in [1.165, 1.54) is 0 Å². The lowest BCUT2D eigenvalue weighted by atomic mass is 10.0. The van der Waals surface area contributed by atoms with Crippen molar-refractivity contribution in [3.63, 3.8) is 0 Å². The van der Waals surface area contributed by atoms with Gasteiger partial charge in [0.05, 0.1) is 31.8 Å². The predicted octanol–water partition coefficient (Wildman–Crippen LogP) is 4.29. The molecule has 2 aromatic heterocycles. The van der Waals surface area contributed by atoms with Crippen molar-refractivity contribution in [1.29, 1.82) is 0 Å². The highest BCUT2D eigenvalue weighted by atomic mass is 16.5. The van der Waals surface area contributed by atoms with Gasteiger partial charge in [-0.1, -0.05) is 13.0 Å². The van der Waals surface area contributed by atoms with Crippen LogP contribution in [0.15, 0.2) is 77.7 Å². The molecule has 0 saturated carbocycles. The van der Waals surface area contributed by atoms with Crippen LogP contribution in [0.1, 0.15) is 30.5 Å². The van der Waals surface area contributed by atoms with Crippen molar-refractivity contribution >= 4 is 28.5 Å². The maximum Gasteiger partial charge on any atom is 0.228 e. The van der Waals surface area contributed by atoms with Crippen molar-refractivity contribution in [3.8, 4) is 5.75 Å². The molecule has 1 unspecified atom stereocenters. The summed E-state index contributed by atoms with van der Waals surface area (Å²) in [6.45, 7) is 5.64. The summed E-state index contributed by atoms with van der Waals surface area (Å²) in [6.07, 6.45) is 5.30. The quantitative estimate of drug-likeness (QED) is 0.309. The van der Waals surface area contributed by atoms with E-state index in [4.69, 9.17) is 9.15 Å². The Bertz CT molecular complexity index is 1520. The third kappa shape index (κ3) is 7.16. The Morgan fingerprint density at radius 2 is 1.95 bits per heavy atom. The fourth-order valence-corrected chi connectivity index (χ4v) is 5.41. The van der Waals surface area contributed by atoms with Crippen LogP contribution in [-0.2, 0) is 29.0 Å². The zero-order valence-electron chi connectivity index (χ0n) is 24.3. The monoisotopic (exact) mass is 570 g/mol. The van der Waals surface area contributed by atoms with E-state index < -0.39 is 0 Å². The number of amides is 2. The van der Waals surface area contributed by atoms with Gasteiger partial charge in [0.1, 0.15) is 17.4 Å². The van der Waals surface area contributed by atoms with E-state index in [-0.39, 0.29) is 49.3 Å². The topological polar surface area (TPSA) is 108 Å². The van der Waals surface area contributed by atoms with Crippen molar-refractivity contribution < 1.29 is 23.8 Å². The lowest BCUT2D eigenvalue weighted by Crippen LogP contribution is -2.47. The normalized spacial score (nSPS) is 18.1. The molecule has 0 radical (unpaired) electrons. The van der Waals surface area contributed by atoms with Gasteiger partial charge in [-0.3, -0.25) is 19.5 Å². The fraction of sp³-hybridized carbons (Fsp3) is 0.364. The van der Waals surface area contributed by atoms with Gasteiger partial charge in [0.2, 0.25) is 11.8 Å². The largest absolute Gasteiger partial charge is 0.488 e. The molecule has 0 aliphatic carbocycles. The molecule has 9 nitrogen and oxygen atoms in total. The number of likely N-dealkylation sites (N-methyl/N-ethyl adjacent to an activating group) is 1. The molecule has 0 bridgehead atoms. The van der Waals surface area contributed by atoms with Crippen molar-refractivity contribution in [3.05, 3.63) is 89.9 Å². The molecule has 0 saturated heterocycles. The molecular formula is C33H38N4O5. The number of aliphatic hydroxyl groups excluding tert-OH is 1. The Morgan fingerprint density at radius 3 is 2.74 bits per heavy atom.